The van der Waals surface area contributed by atoms with Crippen molar-refractivity contribution in [3.05, 3.63) is 92.7 Å². The number of nitrogens with zero attached hydrogens (tertiary/aromatic N) is 1. The summed E-state index contributed by atoms with van der Waals surface area (Å²) in [5.74, 6) is 0.573. The Labute approximate surface area is 172 Å². The molecule has 28 heavy (non-hydrogen) atoms. The number of hydrogen-bond acceptors (Lipinski definition) is 4. The molecule has 0 fully saturated rings. The van der Waals surface area contributed by atoms with Crippen molar-refractivity contribution in [2.24, 2.45) is 5.73 Å². The van der Waals surface area contributed by atoms with Crippen LogP contribution >= 0.6 is 15.9 Å². The third kappa shape index (κ3) is 2.92. The van der Waals surface area contributed by atoms with Gasteiger partial charge in [0.15, 0.2) is 0 Å². The van der Waals surface area contributed by atoms with Gasteiger partial charge in [-0.3, -0.25) is 10.3 Å². The van der Waals surface area contributed by atoms with Gasteiger partial charge < -0.3 is 10.5 Å². The minimum atomic E-state index is -0.853. The molecule has 4 rings (SSSR count). The molecular formula is C22H21BrFN3O. The van der Waals surface area contributed by atoms with E-state index in [1.807, 2.05) is 44.2 Å². The Bertz CT molecular complexity index is 1020. The first-order valence-electron chi connectivity index (χ1n) is 9.02. The molecule has 3 aromatic rings. The Morgan fingerprint density at radius 2 is 1.89 bits per heavy atom. The lowest BCUT2D eigenvalue weighted by molar-refractivity contribution is 0.189. The van der Waals surface area contributed by atoms with Crippen LogP contribution in [-0.2, 0) is 5.54 Å². The smallest absolute Gasteiger partial charge is 0.228 e. The van der Waals surface area contributed by atoms with Gasteiger partial charge in [-0.2, -0.15) is 0 Å². The SMILES string of the molecule is Cc1cc(C2(c3cccc(Br)c3)NC(N)c3ncccc32)cc(C)c1OCF. The molecular weight excluding hydrogens is 421 g/mol. The number of aromatic nitrogens is 1. The molecule has 1 aliphatic heterocycles. The van der Waals surface area contributed by atoms with Crippen LogP contribution in [0.15, 0.2) is 59.2 Å². The molecule has 6 heteroatoms. The highest BCUT2D eigenvalue weighted by atomic mass is 79.9. The third-order valence-electron chi connectivity index (χ3n) is 5.26. The number of hydrogen-bond donors (Lipinski definition) is 2. The first-order chi connectivity index (χ1) is 13.5. The molecule has 144 valence electrons. The minimum Gasteiger partial charge on any atom is -0.462 e. The second-order valence-corrected chi connectivity index (χ2v) is 7.93. The summed E-state index contributed by atoms with van der Waals surface area (Å²) in [6.07, 6.45) is 1.35. The lowest BCUT2D eigenvalue weighted by Crippen LogP contribution is -2.42. The molecule has 1 aromatic heterocycles. The van der Waals surface area contributed by atoms with Gasteiger partial charge in [0.25, 0.3) is 0 Å². The fourth-order valence-corrected chi connectivity index (χ4v) is 4.58. The maximum Gasteiger partial charge on any atom is 0.228 e. The molecule has 2 heterocycles. The van der Waals surface area contributed by atoms with E-state index in [0.717, 1.165) is 38.0 Å². The highest BCUT2D eigenvalue weighted by Gasteiger charge is 2.46. The van der Waals surface area contributed by atoms with Crippen LogP contribution in [0.3, 0.4) is 0 Å². The zero-order valence-electron chi connectivity index (χ0n) is 15.7. The number of pyridine rings is 1. The molecule has 2 atom stereocenters. The summed E-state index contributed by atoms with van der Waals surface area (Å²) in [5.41, 5.74) is 11.4. The average molecular weight is 442 g/mol. The number of halogens is 2. The monoisotopic (exact) mass is 441 g/mol. The van der Waals surface area contributed by atoms with E-state index in [0.29, 0.717) is 5.75 Å². The number of aryl methyl sites for hydroxylation is 2. The average Bonchev–Trinajstić information content (AvgIpc) is 2.99. The molecule has 2 aromatic carbocycles. The summed E-state index contributed by atoms with van der Waals surface area (Å²) in [5, 5.41) is 3.58. The van der Waals surface area contributed by atoms with Gasteiger partial charge in [0, 0.05) is 16.2 Å². The van der Waals surface area contributed by atoms with E-state index in [9.17, 15) is 4.39 Å². The molecule has 2 unspecified atom stereocenters. The number of rotatable bonds is 4. The van der Waals surface area contributed by atoms with Gasteiger partial charge in [0.1, 0.15) is 11.9 Å². The summed E-state index contributed by atoms with van der Waals surface area (Å²) in [4.78, 5) is 4.53. The van der Waals surface area contributed by atoms with E-state index < -0.39 is 18.6 Å². The van der Waals surface area contributed by atoms with Gasteiger partial charge >= 0.3 is 0 Å². The van der Waals surface area contributed by atoms with Gasteiger partial charge in [-0.05, 0) is 66.4 Å². The molecule has 3 N–H and O–H groups in total. The van der Waals surface area contributed by atoms with E-state index >= 15 is 0 Å². The number of fused-ring (bicyclic) bond motifs is 1. The Morgan fingerprint density at radius 1 is 1.14 bits per heavy atom. The lowest BCUT2D eigenvalue weighted by Gasteiger charge is -2.34. The van der Waals surface area contributed by atoms with Gasteiger partial charge in [-0.25, -0.2) is 4.39 Å². The van der Waals surface area contributed by atoms with E-state index in [1.165, 1.54) is 0 Å². The zero-order valence-corrected chi connectivity index (χ0v) is 17.3. The topological polar surface area (TPSA) is 60.2 Å². The van der Waals surface area contributed by atoms with Crippen molar-refractivity contribution in [2.45, 2.75) is 25.6 Å². The van der Waals surface area contributed by atoms with E-state index in [1.54, 1.807) is 6.20 Å². The third-order valence-corrected chi connectivity index (χ3v) is 5.75. The fraction of sp³-hybridized carbons (Fsp3) is 0.227. The van der Waals surface area contributed by atoms with Crippen LogP contribution in [0.25, 0.3) is 0 Å². The molecule has 0 radical (unpaired) electrons. The summed E-state index contributed by atoms with van der Waals surface area (Å²) < 4.78 is 19.0. The van der Waals surface area contributed by atoms with Crippen molar-refractivity contribution < 1.29 is 9.13 Å². The van der Waals surface area contributed by atoms with E-state index in [4.69, 9.17) is 10.5 Å². The predicted molar refractivity (Wildman–Crippen MR) is 111 cm³/mol. The molecule has 0 bridgehead atoms. The van der Waals surface area contributed by atoms with Crippen molar-refractivity contribution in [1.29, 1.82) is 0 Å². The highest BCUT2D eigenvalue weighted by Crippen LogP contribution is 2.46. The molecule has 0 spiro atoms. The first-order valence-corrected chi connectivity index (χ1v) is 9.82. The van der Waals surface area contributed by atoms with Crippen LogP contribution < -0.4 is 15.8 Å². The fourth-order valence-electron chi connectivity index (χ4n) is 4.18. The van der Waals surface area contributed by atoms with Crippen molar-refractivity contribution >= 4 is 15.9 Å². The number of benzene rings is 2. The van der Waals surface area contributed by atoms with Gasteiger partial charge in [-0.15, -0.1) is 0 Å². The summed E-state index contributed by atoms with van der Waals surface area (Å²) in [6, 6.07) is 16.2. The quantitative estimate of drug-likeness (QED) is 0.619. The summed E-state index contributed by atoms with van der Waals surface area (Å²) in [6.45, 7) is 3.00. The van der Waals surface area contributed by atoms with Crippen molar-refractivity contribution in [1.82, 2.24) is 10.3 Å². The van der Waals surface area contributed by atoms with Crippen LogP contribution in [0, 0.1) is 13.8 Å². The molecule has 0 amide bonds. The summed E-state index contributed by atoms with van der Waals surface area (Å²) >= 11 is 3.59. The largest absolute Gasteiger partial charge is 0.462 e. The first kappa shape index (κ1) is 19.1. The van der Waals surface area contributed by atoms with Crippen LogP contribution in [0.5, 0.6) is 5.75 Å². The maximum atomic E-state index is 12.8. The minimum absolute atomic E-state index is 0.405. The van der Waals surface area contributed by atoms with Crippen LogP contribution in [0.4, 0.5) is 4.39 Å². The van der Waals surface area contributed by atoms with Crippen molar-refractivity contribution in [3.63, 3.8) is 0 Å². The predicted octanol–water partition coefficient (Wildman–Crippen LogP) is 4.62. The Kier molecular flexibility index (Phi) is 4.95. The number of ether oxygens (including phenoxy) is 1. The van der Waals surface area contributed by atoms with Gasteiger partial charge in [0.05, 0.1) is 11.2 Å². The maximum absolute atomic E-state index is 12.8. The number of nitrogens with two attached hydrogens (primary N) is 1. The lowest BCUT2D eigenvalue weighted by atomic mass is 9.77. The number of nitrogens with one attached hydrogen (secondary N) is 1. The molecule has 0 aliphatic carbocycles. The number of alkyl halides is 1. The molecule has 0 saturated heterocycles. The second-order valence-electron chi connectivity index (χ2n) is 7.01. The normalized spacial score (nSPS) is 20.8. The molecule has 4 nitrogen and oxygen atoms in total. The van der Waals surface area contributed by atoms with Crippen LogP contribution in [0.1, 0.15) is 39.7 Å². The van der Waals surface area contributed by atoms with Crippen molar-refractivity contribution in [2.75, 3.05) is 6.86 Å². The Hall–Kier alpha value is -2.28. The standard InChI is InChI=1S/C22H21BrFN3O/c1-13-9-16(10-14(2)20(13)28-12-24)22(15-5-3-6-17(23)11-15)18-7-4-8-26-19(18)21(25)27-22/h3-11,21,27H,12,25H2,1-2H3. The van der Waals surface area contributed by atoms with E-state index in [2.05, 4.69) is 44.4 Å². The zero-order chi connectivity index (χ0) is 19.9. The second kappa shape index (κ2) is 7.28. The van der Waals surface area contributed by atoms with Gasteiger partial charge in [-0.1, -0.05) is 34.1 Å². The van der Waals surface area contributed by atoms with Gasteiger partial charge in [0.2, 0.25) is 6.86 Å². The highest BCUT2D eigenvalue weighted by molar-refractivity contribution is 9.10. The molecule has 0 saturated carbocycles. The molecule has 1 aliphatic rings. The van der Waals surface area contributed by atoms with Crippen LogP contribution in [-0.4, -0.2) is 11.8 Å². The summed E-state index contributed by atoms with van der Waals surface area (Å²) in [7, 11) is 0. The Balaban J connectivity index is 2.02. The van der Waals surface area contributed by atoms with Crippen LogP contribution in [0.2, 0.25) is 0 Å². The van der Waals surface area contributed by atoms with E-state index in [-0.39, 0.29) is 0 Å². The Morgan fingerprint density at radius 3 is 2.57 bits per heavy atom. The van der Waals surface area contributed by atoms with Crippen molar-refractivity contribution in [3.8, 4) is 5.75 Å².